The number of unbranched alkanes of at least 4 members (excludes halogenated alkanes) is 1. The maximum Gasteiger partial charge on any atom is 0.191 e. The minimum absolute atomic E-state index is 0.0608. The Morgan fingerprint density at radius 3 is 2.32 bits per heavy atom. The van der Waals surface area contributed by atoms with Crippen molar-refractivity contribution >= 4 is 5.96 Å². The molecule has 0 amide bonds. The number of benzene rings is 1. The van der Waals surface area contributed by atoms with Gasteiger partial charge in [0.25, 0.3) is 0 Å². The molecular formula is C23H41N5. The zero-order valence-electron chi connectivity index (χ0n) is 18.7. The molecule has 0 spiro atoms. The van der Waals surface area contributed by atoms with Crippen molar-refractivity contribution in [2.45, 2.75) is 45.4 Å². The predicted molar refractivity (Wildman–Crippen MR) is 121 cm³/mol. The van der Waals surface area contributed by atoms with Crippen LogP contribution in [0.15, 0.2) is 29.3 Å². The van der Waals surface area contributed by atoms with Crippen molar-refractivity contribution in [3.8, 4) is 0 Å². The number of aliphatic imine (C=N–C) groups is 1. The SMILES string of the molecule is CCc1ccc(C(C)(C)CNC(=NC)NCCCCN2CCN(C)CC2)cc1. The third kappa shape index (κ3) is 7.44. The van der Waals surface area contributed by atoms with Crippen molar-refractivity contribution in [1.29, 1.82) is 0 Å². The average Bonchev–Trinajstić information content (AvgIpc) is 2.71. The van der Waals surface area contributed by atoms with Crippen LogP contribution in [0.4, 0.5) is 0 Å². The van der Waals surface area contributed by atoms with Gasteiger partial charge in [0, 0.05) is 51.7 Å². The first-order valence-corrected chi connectivity index (χ1v) is 10.9. The summed E-state index contributed by atoms with van der Waals surface area (Å²) in [5.41, 5.74) is 2.81. The predicted octanol–water partition coefficient (Wildman–Crippen LogP) is 2.72. The molecule has 2 rings (SSSR count). The normalized spacial score (nSPS) is 17.0. The Balaban J connectivity index is 1.66. The monoisotopic (exact) mass is 387 g/mol. The molecule has 1 aromatic rings. The van der Waals surface area contributed by atoms with Crippen molar-refractivity contribution in [1.82, 2.24) is 20.4 Å². The second-order valence-corrected chi connectivity index (χ2v) is 8.64. The fourth-order valence-corrected chi connectivity index (χ4v) is 3.56. The Labute approximate surface area is 172 Å². The number of nitrogens with zero attached hydrogens (tertiary/aromatic N) is 3. The van der Waals surface area contributed by atoms with E-state index in [0.29, 0.717) is 0 Å². The third-order valence-electron chi connectivity index (χ3n) is 5.85. The van der Waals surface area contributed by atoms with Gasteiger partial charge in [-0.25, -0.2) is 0 Å². The number of piperazine rings is 1. The van der Waals surface area contributed by atoms with Gasteiger partial charge in [-0.05, 0) is 44.0 Å². The van der Waals surface area contributed by atoms with E-state index in [9.17, 15) is 0 Å². The highest BCUT2D eigenvalue weighted by molar-refractivity contribution is 5.79. The van der Waals surface area contributed by atoms with Gasteiger partial charge in [0.1, 0.15) is 0 Å². The maximum atomic E-state index is 4.39. The van der Waals surface area contributed by atoms with E-state index in [2.05, 4.69) is 77.5 Å². The van der Waals surface area contributed by atoms with Gasteiger partial charge < -0.3 is 20.4 Å². The van der Waals surface area contributed by atoms with Crippen LogP contribution in [0.1, 0.15) is 44.7 Å². The number of likely N-dealkylation sites (N-methyl/N-ethyl adjacent to an activating group) is 1. The van der Waals surface area contributed by atoms with Crippen LogP contribution < -0.4 is 10.6 Å². The van der Waals surface area contributed by atoms with Crippen molar-refractivity contribution in [3.63, 3.8) is 0 Å². The van der Waals surface area contributed by atoms with Crippen molar-refractivity contribution in [2.24, 2.45) is 4.99 Å². The molecule has 0 bridgehead atoms. The van der Waals surface area contributed by atoms with E-state index in [1.54, 1.807) is 0 Å². The summed E-state index contributed by atoms with van der Waals surface area (Å²) in [5, 5.41) is 6.97. The van der Waals surface area contributed by atoms with Gasteiger partial charge in [0.2, 0.25) is 0 Å². The molecule has 5 nitrogen and oxygen atoms in total. The molecule has 0 aromatic heterocycles. The highest BCUT2D eigenvalue weighted by Gasteiger charge is 2.20. The van der Waals surface area contributed by atoms with E-state index in [0.717, 1.165) is 25.5 Å². The lowest BCUT2D eigenvalue weighted by Crippen LogP contribution is -2.45. The molecule has 2 N–H and O–H groups in total. The Morgan fingerprint density at radius 2 is 1.71 bits per heavy atom. The largest absolute Gasteiger partial charge is 0.356 e. The summed E-state index contributed by atoms with van der Waals surface area (Å²) < 4.78 is 0. The van der Waals surface area contributed by atoms with E-state index in [1.807, 2.05) is 7.05 Å². The molecule has 28 heavy (non-hydrogen) atoms. The summed E-state index contributed by atoms with van der Waals surface area (Å²) >= 11 is 0. The molecule has 1 aliphatic heterocycles. The van der Waals surface area contributed by atoms with Gasteiger partial charge in [0.15, 0.2) is 5.96 Å². The molecule has 1 aromatic carbocycles. The first kappa shape index (κ1) is 22.7. The van der Waals surface area contributed by atoms with Gasteiger partial charge in [0.05, 0.1) is 0 Å². The summed E-state index contributed by atoms with van der Waals surface area (Å²) in [6.45, 7) is 14.6. The van der Waals surface area contributed by atoms with E-state index in [4.69, 9.17) is 0 Å². The van der Waals surface area contributed by atoms with Crippen LogP contribution in [0, 0.1) is 0 Å². The van der Waals surface area contributed by atoms with Crippen LogP contribution in [0.2, 0.25) is 0 Å². The zero-order chi connectivity index (χ0) is 20.4. The first-order valence-electron chi connectivity index (χ1n) is 10.9. The lowest BCUT2D eigenvalue weighted by Gasteiger charge is -2.32. The molecule has 1 heterocycles. The standard InChI is InChI=1S/C23H41N5/c1-6-20-9-11-21(12-10-20)23(2,3)19-26-22(24-4)25-13-7-8-14-28-17-15-27(5)16-18-28/h9-12H,6-8,13-19H2,1-5H3,(H2,24,25,26). The number of hydrogen-bond donors (Lipinski definition) is 2. The molecule has 0 saturated carbocycles. The zero-order valence-corrected chi connectivity index (χ0v) is 18.7. The van der Waals surface area contributed by atoms with Gasteiger partial charge in [-0.3, -0.25) is 4.99 Å². The van der Waals surface area contributed by atoms with Crippen LogP contribution >= 0.6 is 0 Å². The number of guanidine groups is 1. The van der Waals surface area contributed by atoms with Crippen molar-refractivity contribution in [2.75, 3.05) is 59.9 Å². The fourth-order valence-electron chi connectivity index (χ4n) is 3.56. The summed E-state index contributed by atoms with van der Waals surface area (Å²) in [4.78, 5) is 9.38. The van der Waals surface area contributed by atoms with Gasteiger partial charge in [-0.15, -0.1) is 0 Å². The van der Waals surface area contributed by atoms with Crippen LogP contribution in [-0.2, 0) is 11.8 Å². The quantitative estimate of drug-likeness (QED) is 0.388. The number of aryl methyl sites for hydroxylation is 1. The van der Waals surface area contributed by atoms with Gasteiger partial charge in [-0.1, -0.05) is 45.0 Å². The Morgan fingerprint density at radius 1 is 1.04 bits per heavy atom. The molecule has 0 atom stereocenters. The Bertz CT molecular complexity index is 586. The second kappa shape index (κ2) is 11.4. The average molecular weight is 388 g/mol. The van der Waals surface area contributed by atoms with Crippen molar-refractivity contribution in [3.05, 3.63) is 35.4 Å². The van der Waals surface area contributed by atoms with E-state index < -0.39 is 0 Å². The number of rotatable bonds is 9. The lowest BCUT2D eigenvalue weighted by molar-refractivity contribution is 0.152. The molecule has 158 valence electrons. The molecular weight excluding hydrogens is 346 g/mol. The summed E-state index contributed by atoms with van der Waals surface area (Å²) in [6, 6.07) is 9.00. The summed E-state index contributed by atoms with van der Waals surface area (Å²) in [5.74, 6) is 0.901. The molecule has 0 radical (unpaired) electrons. The van der Waals surface area contributed by atoms with E-state index in [-0.39, 0.29) is 5.41 Å². The van der Waals surface area contributed by atoms with Gasteiger partial charge >= 0.3 is 0 Å². The fraction of sp³-hybridized carbons (Fsp3) is 0.696. The number of nitrogens with one attached hydrogen (secondary N) is 2. The van der Waals surface area contributed by atoms with E-state index in [1.165, 1.54) is 56.7 Å². The van der Waals surface area contributed by atoms with Crippen LogP contribution in [0.25, 0.3) is 0 Å². The van der Waals surface area contributed by atoms with Crippen LogP contribution in [0.5, 0.6) is 0 Å². The van der Waals surface area contributed by atoms with Crippen LogP contribution in [-0.4, -0.2) is 75.7 Å². The van der Waals surface area contributed by atoms with Crippen LogP contribution in [0.3, 0.4) is 0 Å². The molecule has 0 unspecified atom stereocenters. The Kier molecular flexibility index (Phi) is 9.26. The van der Waals surface area contributed by atoms with Crippen molar-refractivity contribution < 1.29 is 0 Å². The molecule has 0 aliphatic carbocycles. The van der Waals surface area contributed by atoms with Gasteiger partial charge in [-0.2, -0.15) is 0 Å². The summed E-state index contributed by atoms with van der Waals surface area (Å²) in [6.07, 6.45) is 3.50. The molecule has 1 aliphatic rings. The minimum Gasteiger partial charge on any atom is -0.356 e. The highest BCUT2D eigenvalue weighted by Crippen LogP contribution is 2.22. The highest BCUT2D eigenvalue weighted by atomic mass is 15.2. The molecule has 1 saturated heterocycles. The first-order chi connectivity index (χ1) is 13.4. The summed E-state index contributed by atoms with van der Waals surface area (Å²) in [7, 11) is 4.06. The smallest absolute Gasteiger partial charge is 0.191 e. The third-order valence-corrected chi connectivity index (χ3v) is 5.85. The van der Waals surface area contributed by atoms with E-state index >= 15 is 0 Å². The minimum atomic E-state index is 0.0608. The number of hydrogen-bond acceptors (Lipinski definition) is 3. The Hall–Kier alpha value is -1.59. The second-order valence-electron chi connectivity index (χ2n) is 8.64. The molecule has 1 fully saturated rings. The molecule has 5 heteroatoms. The lowest BCUT2D eigenvalue weighted by atomic mass is 9.84. The topological polar surface area (TPSA) is 42.9 Å². The maximum absolute atomic E-state index is 4.39.